The smallest absolute Gasteiger partial charge is 0.121 e. The van der Waals surface area contributed by atoms with E-state index in [1.54, 1.807) is 11.3 Å². The quantitative estimate of drug-likeness (QED) is 0.618. The first-order valence-electron chi connectivity index (χ1n) is 10.0. The molecule has 1 aromatic carbocycles. The van der Waals surface area contributed by atoms with Gasteiger partial charge in [0.15, 0.2) is 0 Å². The van der Waals surface area contributed by atoms with Crippen LogP contribution in [0.5, 0.6) is 0 Å². The van der Waals surface area contributed by atoms with E-state index in [1.165, 1.54) is 5.57 Å². The summed E-state index contributed by atoms with van der Waals surface area (Å²) in [6.45, 7) is 16.1. The molecular formula is C23H28N6S. The molecule has 0 amide bonds. The monoisotopic (exact) mass is 420 g/mol. The predicted octanol–water partition coefficient (Wildman–Crippen LogP) is 4.43. The minimum Gasteiger partial charge on any atom is -0.376 e. The second kappa shape index (κ2) is 8.45. The van der Waals surface area contributed by atoms with Gasteiger partial charge in [-0.2, -0.15) is 0 Å². The highest BCUT2D eigenvalue weighted by Gasteiger charge is 2.20. The zero-order valence-electron chi connectivity index (χ0n) is 17.8. The van der Waals surface area contributed by atoms with Gasteiger partial charge >= 0.3 is 0 Å². The van der Waals surface area contributed by atoms with Crippen molar-refractivity contribution in [3.8, 4) is 11.3 Å². The molecule has 0 aliphatic carbocycles. The average Bonchev–Trinajstić information content (AvgIpc) is 3.35. The van der Waals surface area contributed by atoms with Crippen LogP contribution in [0.25, 0.3) is 27.2 Å². The van der Waals surface area contributed by atoms with Crippen molar-refractivity contribution in [3.63, 3.8) is 0 Å². The second-order valence-corrected chi connectivity index (χ2v) is 8.87. The first kappa shape index (κ1) is 20.4. The van der Waals surface area contributed by atoms with Gasteiger partial charge in [-0.1, -0.05) is 24.8 Å². The lowest BCUT2D eigenvalue weighted by Gasteiger charge is -2.34. The summed E-state index contributed by atoms with van der Waals surface area (Å²) < 4.78 is 1.15. The van der Waals surface area contributed by atoms with Crippen LogP contribution < -0.4 is 5.32 Å². The number of nitrogens with one attached hydrogen (secondary N) is 2. The summed E-state index contributed by atoms with van der Waals surface area (Å²) in [7, 11) is 2.09. The number of benzene rings is 1. The highest BCUT2D eigenvalue weighted by atomic mass is 32.1. The molecule has 0 saturated carbocycles. The number of likely N-dealkylation sites (N-methyl/N-ethyl adjacent to an activating group) is 1. The van der Waals surface area contributed by atoms with Gasteiger partial charge in [0.25, 0.3) is 0 Å². The molecule has 0 atom stereocenters. The number of aromatic amines is 1. The summed E-state index contributed by atoms with van der Waals surface area (Å²) in [5.74, 6) is 0.932. The number of nitrogens with zero attached hydrogens (tertiary/aromatic N) is 4. The Morgan fingerprint density at radius 1 is 1.33 bits per heavy atom. The Hall–Kier alpha value is -2.90. The third kappa shape index (κ3) is 4.32. The maximum Gasteiger partial charge on any atom is 0.121 e. The van der Waals surface area contributed by atoms with Crippen molar-refractivity contribution >= 4 is 27.3 Å². The highest BCUT2D eigenvalue weighted by Crippen LogP contribution is 2.30. The number of aromatic nitrogens is 3. The van der Waals surface area contributed by atoms with E-state index < -0.39 is 0 Å². The van der Waals surface area contributed by atoms with Crippen LogP contribution in [0.3, 0.4) is 0 Å². The van der Waals surface area contributed by atoms with Crippen molar-refractivity contribution < 1.29 is 0 Å². The number of fused-ring (bicyclic) bond motifs is 1. The van der Waals surface area contributed by atoms with Crippen molar-refractivity contribution in [1.82, 2.24) is 30.1 Å². The fourth-order valence-corrected chi connectivity index (χ4v) is 4.20. The molecule has 0 bridgehead atoms. The maximum atomic E-state index is 4.98. The normalized spacial score (nSPS) is 14.9. The molecule has 0 unspecified atom stereocenters. The van der Waals surface area contributed by atoms with E-state index in [1.807, 2.05) is 11.7 Å². The molecule has 1 fully saturated rings. The maximum absolute atomic E-state index is 4.98. The molecule has 6 nitrogen and oxygen atoms in total. The van der Waals surface area contributed by atoms with Crippen molar-refractivity contribution in [2.75, 3.05) is 26.7 Å². The SMILES string of the molecule is C=C(NC=C(C)C)c1[nH]c(CN2CCN(C)C(=C)C2)nc1-c1ccc2ncsc2c1. The number of hydrogen-bond donors (Lipinski definition) is 2. The first-order chi connectivity index (χ1) is 14.4. The standard InChI is InChI=1S/C23H28N6S/c1-15(2)11-24-17(4)22-23(18-6-7-19-20(10-18)30-14-25-19)27-21(26-22)13-29-9-8-28(5)16(3)12-29/h6-7,10-11,14,24H,3-4,8-9,12-13H2,1-2,5H3,(H,26,27). The van der Waals surface area contributed by atoms with E-state index >= 15 is 0 Å². The zero-order valence-corrected chi connectivity index (χ0v) is 18.6. The zero-order chi connectivity index (χ0) is 21.3. The Kier molecular flexibility index (Phi) is 5.74. The predicted molar refractivity (Wildman–Crippen MR) is 126 cm³/mol. The van der Waals surface area contributed by atoms with E-state index in [2.05, 4.69) is 77.3 Å². The molecule has 30 heavy (non-hydrogen) atoms. The van der Waals surface area contributed by atoms with Crippen LogP contribution in [0.15, 0.2) is 54.3 Å². The van der Waals surface area contributed by atoms with Crippen molar-refractivity contribution in [2.24, 2.45) is 0 Å². The third-order valence-corrected chi connectivity index (χ3v) is 6.06. The summed E-state index contributed by atoms with van der Waals surface area (Å²) in [5.41, 5.74) is 8.90. The van der Waals surface area contributed by atoms with E-state index in [0.29, 0.717) is 0 Å². The van der Waals surface area contributed by atoms with Gasteiger partial charge < -0.3 is 15.2 Å². The number of piperazine rings is 1. The highest BCUT2D eigenvalue weighted by molar-refractivity contribution is 7.16. The van der Waals surface area contributed by atoms with Crippen LogP contribution >= 0.6 is 11.3 Å². The van der Waals surface area contributed by atoms with Gasteiger partial charge in [0.2, 0.25) is 0 Å². The van der Waals surface area contributed by atoms with Gasteiger partial charge in [-0.3, -0.25) is 4.90 Å². The van der Waals surface area contributed by atoms with E-state index in [4.69, 9.17) is 4.98 Å². The first-order valence-corrected chi connectivity index (χ1v) is 10.9. The van der Waals surface area contributed by atoms with Gasteiger partial charge in [-0.15, -0.1) is 11.3 Å². The molecule has 0 radical (unpaired) electrons. The summed E-state index contributed by atoms with van der Waals surface area (Å²) in [5, 5.41) is 3.30. The van der Waals surface area contributed by atoms with Crippen LogP contribution in [-0.4, -0.2) is 51.4 Å². The summed E-state index contributed by atoms with van der Waals surface area (Å²) >= 11 is 1.64. The lowest BCUT2D eigenvalue weighted by Crippen LogP contribution is -2.42. The van der Waals surface area contributed by atoms with Crippen molar-refractivity contribution in [3.05, 3.63) is 65.9 Å². The average molecular weight is 421 g/mol. The fraction of sp³-hybridized carbons (Fsp3) is 0.304. The minimum absolute atomic E-state index is 0.749. The van der Waals surface area contributed by atoms with Crippen LogP contribution in [0.1, 0.15) is 25.4 Å². The second-order valence-electron chi connectivity index (χ2n) is 7.98. The van der Waals surface area contributed by atoms with Crippen LogP contribution in [0, 0.1) is 0 Å². The molecule has 2 N–H and O–H groups in total. The van der Waals surface area contributed by atoms with Crippen molar-refractivity contribution in [1.29, 1.82) is 0 Å². The molecule has 1 aliphatic heterocycles. The lowest BCUT2D eigenvalue weighted by atomic mass is 10.1. The molecular weight excluding hydrogens is 392 g/mol. The van der Waals surface area contributed by atoms with Crippen LogP contribution in [-0.2, 0) is 6.54 Å². The summed E-state index contributed by atoms with van der Waals surface area (Å²) in [6.07, 6.45) is 1.96. The Labute approximate surface area is 181 Å². The Bertz CT molecular complexity index is 1120. The number of allylic oxidation sites excluding steroid dienone is 1. The lowest BCUT2D eigenvalue weighted by molar-refractivity contribution is 0.187. The molecule has 3 heterocycles. The molecule has 3 aromatic rings. The summed E-state index contributed by atoms with van der Waals surface area (Å²) in [6, 6.07) is 6.29. The molecule has 156 valence electrons. The van der Waals surface area contributed by atoms with Crippen LogP contribution in [0.2, 0.25) is 0 Å². The molecule has 1 saturated heterocycles. The third-order valence-electron chi connectivity index (χ3n) is 5.27. The molecule has 0 spiro atoms. The molecule has 7 heteroatoms. The van der Waals surface area contributed by atoms with E-state index in [0.717, 1.165) is 70.6 Å². The number of imidazole rings is 1. The molecule has 1 aliphatic rings. The topological polar surface area (TPSA) is 60.1 Å². The summed E-state index contributed by atoms with van der Waals surface area (Å²) in [4.78, 5) is 17.5. The Morgan fingerprint density at radius 2 is 2.17 bits per heavy atom. The minimum atomic E-state index is 0.749. The van der Waals surface area contributed by atoms with Crippen molar-refractivity contribution in [2.45, 2.75) is 20.4 Å². The fourth-order valence-electron chi connectivity index (χ4n) is 3.48. The number of H-pyrrole nitrogens is 1. The van der Waals surface area contributed by atoms with Gasteiger partial charge in [0.1, 0.15) is 5.82 Å². The number of hydrogen-bond acceptors (Lipinski definition) is 6. The van der Waals surface area contributed by atoms with Gasteiger partial charge in [-0.25, -0.2) is 9.97 Å². The molecule has 2 aromatic heterocycles. The molecule has 4 rings (SSSR count). The Balaban J connectivity index is 1.66. The van der Waals surface area contributed by atoms with E-state index in [-0.39, 0.29) is 0 Å². The van der Waals surface area contributed by atoms with Crippen LogP contribution in [0.4, 0.5) is 0 Å². The van der Waals surface area contributed by atoms with Gasteiger partial charge in [-0.05, 0) is 32.2 Å². The number of rotatable bonds is 6. The number of thiazole rings is 1. The van der Waals surface area contributed by atoms with E-state index in [9.17, 15) is 0 Å². The van der Waals surface area contributed by atoms with Gasteiger partial charge in [0, 0.05) is 37.9 Å². The van der Waals surface area contributed by atoms with Gasteiger partial charge in [0.05, 0.1) is 39.4 Å². The Morgan fingerprint density at radius 3 is 2.93 bits per heavy atom. The largest absolute Gasteiger partial charge is 0.376 e.